The Morgan fingerprint density at radius 2 is 2.10 bits per heavy atom. The summed E-state index contributed by atoms with van der Waals surface area (Å²) in [4.78, 5) is 20.7. The zero-order valence-corrected chi connectivity index (χ0v) is 19.6. The van der Waals surface area contributed by atoms with Crippen molar-refractivity contribution in [2.75, 3.05) is 12.9 Å². The molecule has 0 saturated carbocycles. The van der Waals surface area contributed by atoms with Gasteiger partial charge in [-0.25, -0.2) is 4.98 Å². The van der Waals surface area contributed by atoms with E-state index in [0.717, 1.165) is 62.3 Å². The lowest BCUT2D eigenvalue weighted by molar-refractivity contribution is 0.00200. The SMILES string of the molecule is CCCCSc1nc2sc3c(c2c(=O)n1-c1ccc(OC)cc1)C[C@H](C(C)C)OC3. The summed E-state index contributed by atoms with van der Waals surface area (Å²) in [6.07, 6.45) is 3.12. The van der Waals surface area contributed by atoms with E-state index in [4.69, 9.17) is 14.5 Å². The molecule has 0 aliphatic carbocycles. The van der Waals surface area contributed by atoms with Gasteiger partial charge in [-0.2, -0.15) is 0 Å². The van der Waals surface area contributed by atoms with Gasteiger partial charge in [0.25, 0.3) is 5.56 Å². The van der Waals surface area contributed by atoms with Crippen LogP contribution in [0, 0.1) is 5.92 Å². The number of unbranched alkanes of at least 4 members (excludes halogenated alkanes) is 1. The number of thioether (sulfide) groups is 1. The van der Waals surface area contributed by atoms with Gasteiger partial charge in [-0.05, 0) is 42.2 Å². The zero-order chi connectivity index (χ0) is 21.3. The third-order valence-corrected chi connectivity index (χ3v) is 7.64. The van der Waals surface area contributed by atoms with Gasteiger partial charge in [0.1, 0.15) is 10.6 Å². The molecule has 1 aliphatic rings. The molecule has 30 heavy (non-hydrogen) atoms. The highest BCUT2D eigenvalue weighted by Gasteiger charge is 2.28. The highest BCUT2D eigenvalue weighted by Crippen LogP contribution is 2.36. The normalized spacial score (nSPS) is 16.2. The molecule has 0 spiro atoms. The molecule has 0 bridgehead atoms. The first-order valence-electron chi connectivity index (χ1n) is 10.5. The minimum absolute atomic E-state index is 0.0195. The van der Waals surface area contributed by atoms with E-state index < -0.39 is 0 Å². The fourth-order valence-corrected chi connectivity index (χ4v) is 5.96. The molecular formula is C23H28N2O3S2. The second-order valence-corrected chi connectivity index (χ2v) is 10.1. The molecule has 0 N–H and O–H groups in total. The molecule has 3 heterocycles. The van der Waals surface area contributed by atoms with Gasteiger partial charge in [0.15, 0.2) is 5.16 Å². The number of hydrogen-bond donors (Lipinski definition) is 0. The Hall–Kier alpha value is -1.83. The quantitative estimate of drug-likeness (QED) is 0.276. The maximum absolute atomic E-state index is 13.8. The number of nitrogens with zero attached hydrogens (tertiary/aromatic N) is 2. The highest BCUT2D eigenvalue weighted by atomic mass is 32.2. The summed E-state index contributed by atoms with van der Waals surface area (Å²) in [5, 5.41) is 1.52. The fourth-order valence-electron chi connectivity index (χ4n) is 3.70. The highest BCUT2D eigenvalue weighted by molar-refractivity contribution is 7.99. The van der Waals surface area contributed by atoms with Crippen molar-refractivity contribution in [1.29, 1.82) is 0 Å². The number of methoxy groups -OCH3 is 1. The summed E-state index contributed by atoms with van der Waals surface area (Å²) in [5.41, 5.74) is 1.97. The van der Waals surface area contributed by atoms with Crippen molar-refractivity contribution in [3.8, 4) is 11.4 Å². The van der Waals surface area contributed by atoms with Gasteiger partial charge >= 0.3 is 0 Å². The van der Waals surface area contributed by atoms with Gasteiger partial charge < -0.3 is 9.47 Å². The van der Waals surface area contributed by atoms with Crippen molar-refractivity contribution >= 4 is 33.3 Å². The molecule has 2 aromatic heterocycles. The van der Waals surface area contributed by atoms with E-state index in [1.54, 1.807) is 34.8 Å². The molecule has 160 valence electrons. The number of benzene rings is 1. The summed E-state index contributed by atoms with van der Waals surface area (Å²) in [7, 11) is 1.64. The number of hydrogen-bond acceptors (Lipinski definition) is 6. The first kappa shape index (κ1) is 21.4. The van der Waals surface area contributed by atoms with Crippen LogP contribution in [0.15, 0.2) is 34.2 Å². The van der Waals surface area contributed by atoms with E-state index in [2.05, 4.69) is 20.8 Å². The van der Waals surface area contributed by atoms with Crippen molar-refractivity contribution in [2.45, 2.75) is 57.9 Å². The Balaban J connectivity index is 1.88. The van der Waals surface area contributed by atoms with Crippen LogP contribution in [0.25, 0.3) is 15.9 Å². The number of aromatic nitrogens is 2. The molecule has 0 unspecified atom stereocenters. The van der Waals surface area contributed by atoms with Crippen molar-refractivity contribution < 1.29 is 9.47 Å². The second kappa shape index (κ2) is 9.12. The van der Waals surface area contributed by atoms with E-state index >= 15 is 0 Å². The molecule has 0 amide bonds. The summed E-state index contributed by atoms with van der Waals surface area (Å²) in [6.45, 7) is 7.08. The van der Waals surface area contributed by atoms with Crippen LogP contribution in [-0.4, -0.2) is 28.5 Å². The zero-order valence-electron chi connectivity index (χ0n) is 17.9. The van der Waals surface area contributed by atoms with Gasteiger partial charge in [0.05, 0.1) is 30.9 Å². The van der Waals surface area contributed by atoms with Crippen molar-refractivity contribution in [2.24, 2.45) is 5.92 Å². The topological polar surface area (TPSA) is 53.4 Å². The van der Waals surface area contributed by atoms with Crippen molar-refractivity contribution in [1.82, 2.24) is 9.55 Å². The lowest BCUT2D eigenvalue weighted by Crippen LogP contribution is -2.28. The summed E-state index contributed by atoms with van der Waals surface area (Å²) < 4.78 is 13.1. The van der Waals surface area contributed by atoms with E-state index in [1.165, 1.54) is 0 Å². The van der Waals surface area contributed by atoms with Gasteiger partial charge in [-0.1, -0.05) is 39.0 Å². The molecule has 5 nitrogen and oxygen atoms in total. The Kier molecular flexibility index (Phi) is 6.51. The second-order valence-electron chi connectivity index (χ2n) is 7.92. The summed E-state index contributed by atoms with van der Waals surface area (Å²) >= 11 is 3.26. The van der Waals surface area contributed by atoms with E-state index in [0.29, 0.717) is 12.5 Å². The van der Waals surface area contributed by atoms with Crippen LogP contribution < -0.4 is 10.3 Å². The summed E-state index contributed by atoms with van der Waals surface area (Å²) in [5.74, 6) is 2.12. The Morgan fingerprint density at radius 3 is 2.77 bits per heavy atom. The van der Waals surface area contributed by atoms with Crippen LogP contribution in [0.4, 0.5) is 0 Å². The van der Waals surface area contributed by atoms with Gasteiger partial charge in [-0.15, -0.1) is 11.3 Å². The minimum Gasteiger partial charge on any atom is -0.497 e. The van der Waals surface area contributed by atoms with Crippen LogP contribution in [0.2, 0.25) is 0 Å². The number of rotatable bonds is 7. The van der Waals surface area contributed by atoms with Crippen molar-refractivity contribution in [3.63, 3.8) is 0 Å². The average Bonchev–Trinajstić information content (AvgIpc) is 3.12. The molecule has 1 aromatic carbocycles. The predicted octanol–water partition coefficient (Wildman–Crippen LogP) is 5.45. The smallest absolute Gasteiger partial charge is 0.267 e. The number of ether oxygens (including phenoxy) is 2. The molecular weight excluding hydrogens is 416 g/mol. The lowest BCUT2D eigenvalue weighted by atomic mass is 9.96. The van der Waals surface area contributed by atoms with Crippen LogP contribution in [0.3, 0.4) is 0 Å². The summed E-state index contributed by atoms with van der Waals surface area (Å²) in [6, 6.07) is 7.63. The van der Waals surface area contributed by atoms with Crippen LogP contribution in [0.5, 0.6) is 5.75 Å². The third-order valence-electron chi connectivity index (χ3n) is 5.51. The molecule has 3 aromatic rings. The standard InChI is InChI=1S/C23H28N2O3S2/c1-5-6-11-29-23-24-21-20(17-12-18(14(2)3)28-13-19(17)30-21)22(26)25(23)15-7-9-16(27-4)10-8-15/h7-10,14,18H,5-6,11-13H2,1-4H3/t18-/m1/s1. The van der Waals surface area contributed by atoms with E-state index in [9.17, 15) is 4.79 Å². The fraction of sp³-hybridized carbons (Fsp3) is 0.478. The average molecular weight is 445 g/mol. The number of thiophene rings is 1. The van der Waals surface area contributed by atoms with Gasteiger partial charge in [0.2, 0.25) is 0 Å². The number of fused-ring (bicyclic) bond motifs is 3. The maximum Gasteiger partial charge on any atom is 0.267 e. The Morgan fingerprint density at radius 1 is 1.33 bits per heavy atom. The third kappa shape index (κ3) is 4.03. The molecule has 1 atom stereocenters. The van der Waals surface area contributed by atoms with E-state index in [1.807, 2.05) is 24.3 Å². The van der Waals surface area contributed by atoms with Gasteiger partial charge in [0, 0.05) is 17.1 Å². The molecule has 4 rings (SSSR count). The maximum atomic E-state index is 13.8. The van der Waals surface area contributed by atoms with E-state index in [-0.39, 0.29) is 11.7 Å². The molecule has 0 fully saturated rings. The molecule has 7 heteroatoms. The van der Waals surface area contributed by atoms with Gasteiger partial charge in [-0.3, -0.25) is 9.36 Å². The molecule has 0 saturated heterocycles. The van der Waals surface area contributed by atoms with Crippen molar-refractivity contribution in [3.05, 3.63) is 45.1 Å². The predicted molar refractivity (Wildman–Crippen MR) is 125 cm³/mol. The largest absolute Gasteiger partial charge is 0.497 e. The first-order chi connectivity index (χ1) is 14.5. The van der Waals surface area contributed by atoms with Crippen LogP contribution in [-0.2, 0) is 17.8 Å². The molecule has 0 radical (unpaired) electrons. The van der Waals surface area contributed by atoms with Crippen LogP contribution in [0.1, 0.15) is 44.1 Å². The van der Waals surface area contributed by atoms with Crippen LogP contribution >= 0.6 is 23.1 Å². The molecule has 1 aliphatic heterocycles. The first-order valence-corrected chi connectivity index (χ1v) is 12.3. The minimum atomic E-state index is 0.0195. The Bertz CT molecular complexity index is 1090. The Labute approximate surface area is 185 Å². The lowest BCUT2D eigenvalue weighted by Gasteiger charge is -2.26. The monoisotopic (exact) mass is 444 g/mol.